The van der Waals surface area contributed by atoms with Crippen molar-refractivity contribution in [3.63, 3.8) is 0 Å². The predicted octanol–water partition coefficient (Wildman–Crippen LogP) is 2.05. The fourth-order valence-corrected chi connectivity index (χ4v) is 1.71. The highest BCUT2D eigenvalue weighted by Crippen LogP contribution is 2.30. The summed E-state index contributed by atoms with van der Waals surface area (Å²) in [5.74, 6) is 0.972. The molecule has 0 aromatic heterocycles. The van der Waals surface area contributed by atoms with Gasteiger partial charge in [-0.3, -0.25) is 4.79 Å². The van der Waals surface area contributed by atoms with E-state index in [4.69, 9.17) is 19.9 Å². The molecule has 0 heterocycles. The minimum Gasteiger partial charge on any atom is -0.493 e. The second-order valence-electron chi connectivity index (χ2n) is 3.96. The van der Waals surface area contributed by atoms with Gasteiger partial charge < -0.3 is 19.9 Å². The summed E-state index contributed by atoms with van der Waals surface area (Å²) in [5.41, 5.74) is 6.80. The lowest BCUT2D eigenvalue weighted by Crippen LogP contribution is -2.17. The number of methoxy groups -OCH3 is 1. The Morgan fingerprint density at radius 2 is 2.00 bits per heavy atom. The van der Waals surface area contributed by atoms with E-state index < -0.39 is 6.04 Å². The largest absolute Gasteiger partial charge is 0.493 e. The normalized spacial score (nSPS) is 11.8. The first-order valence-corrected chi connectivity index (χ1v) is 6.34. The average molecular weight is 267 g/mol. The Kier molecular flexibility index (Phi) is 6.15. The third-order valence-corrected chi connectivity index (χ3v) is 2.61. The SMILES string of the molecule is CCOC(=O)C[C@@H](N)c1ccc(OC)c(OCC)c1. The van der Waals surface area contributed by atoms with E-state index in [9.17, 15) is 4.79 Å². The van der Waals surface area contributed by atoms with Crippen LogP contribution in [0.15, 0.2) is 18.2 Å². The van der Waals surface area contributed by atoms with Crippen molar-refractivity contribution in [3.05, 3.63) is 23.8 Å². The highest BCUT2D eigenvalue weighted by Gasteiger charge is 2.15. The molecule has 1 aromatic rings. The monoisotopic (exact) mass is 267 g/mol. The quantitative estimate of drug-likeness (QED) is 0.765. The van der Waals surface area contributed by atoms with Gasteiger partial charge in [0, 0.05) is 6.04 Å². The smallest absolute Gasteiger partial charge is 0.307 e. The van der Waals surface area contributed by atoms with E-state index >= 15 is 0 Å². The molecule has 0 unspecified atom stereocenters. The van der Waals surface area contributed by atoms with Crippen molar-refractivity contribution in [1.82, 2.24) is 0 Å². The maximum Gasteiger partial charge on any atom is 0.307 e. The van der Waals surface area contributed by atoms with Gasteiger partial charge in [0.2, 0.25) is 0 Å². The molecule has 0 saturated carbocycles. The van der Waals surface area contributed by atoms with Crippen molar-refractivity contribution in [1.29, 1.82) is 0 Å². The summed E-state index contributed by atoms with van der Waals surface area (Å²) >= 11 is 0. The Morgan fingerprint density at radius 1 is 1.26 bits per heavy atom. The van der Waals surface area contributed by atoms with Crippen molar-refractivity contribution >= 4 is 5.97 Å². The fourth-order valence-electron chi connectivity index (χ4n) is 1.71. The molecule has 5 heteroatoms. The number of carbonyl (C=O) groups excluding carboxylic acids is 1. The zero-order valence-electron chi connectivity index (χ0n) is 11.6. The number of nitrogens with two attached hydrogens (primary N) is 1. The van der Waals surface area contributed by atoms with E-state index in [1.54, 1.807) is 26.2 Å². The summed E-state index contributed by atoms with van der Waals surface area (Å²) < 4.78 is 15.6. The van der Waals surface area contributed by atoms with Gasteiger partial charge in [-0.1, -0.05) is 6.07 Å². The summed E-state index contributed by atoms with van der Waals surface area (Å²) in [6.45, 7) is 4.56. The van der Waals surface area contributed by atoms with E-state index in [0.717, 1.165) is 5.56 Å². The van der Waals surface area contributed by atoms with Gasteiger partial charge in [-0.05, 0) is 31.5 Å². The van der Waals surface area contributed by atoms with Gasteiger partial charge in [-0.25, -0.2) is 0 Å². The topological polar surface area (TPSA) is 70.8 Å². The minimum absolute atomic E-state index is 0.145. The number of hydrogen-bond acceptors (Lipinski definition) is 5. The van der Waals surface area contributed by atoms with Crippen LogP contribution in [-0.2, 0) is 9.53 Å². The average Bonchev–Trinajstić information content (AvgIpc) is 2.39. The van der Waals surface area contributed by atoms with Crippen LogP contribution in [0.1, 0.15) is 31.9 Å². The molecule has 106 valence electrons. The van der Waals surface area contributed by atoms with Gasteiger partial charge in [0.15, 0.2) is 11.5 Å². The molecule has 0 amide bonds. The summed E-state index contributed by atoms with van der Waals surface area (Å²) in [7, 11) is 1.58. The molecule has 1 atom stereocenters. The first-order valence-electron chi connectivity index (χ1n) is 6.34. The molecule has 1 rings (SSSR count). The Bertz CT molecular complexity index is 420. The summed E-state index contributed by atoms with van der Waals surface area (Å²) in [5, 5.41) is 0. The first kappa shape index (κ1) is 15.3. The molecule has 2 N–H and O–H groups in total. The zero-order chi connectivity index (χ0) is 14.3. The van der Waals surface area contributed by atoms with Crippen LogP contribution in [0.4, 0.5) is 0 Å². The van der Waals surface area contributed by atoms with Crippen LogP contribution in [0.3, 0.4) is 0 Å². The molecule has 1 aromatic carbocycles. The molecule has 19 heavy (non-hydrogen) atoms. The van der Waals surface area contributed by atoms with E-state index in [1.165, 1.54) is 0 Å². The maximum absolute atomic E-state index is 11.4. The number of ether oxygens (including phenoxy) is 3. The summed E-state index contributed by atoms with van der Waals surface area (Å²) in [6, 6.07) is 4.99. The number of esters is 1. The molecule has 0 aliphatic heterocycles. The summed E-state index contributed by atoms with van der Waals surface area (Å²) in [6.07, 6.45) is 0.145. The predicted molar refractivity (Wildman–Crippen MR) is 72.3 cm³/mol. The van der Waals surface area contributed by atoms with Gasteiger partial charge in [-0.2, -0.15) is 0 Å². The lowest BCUT2D eigenvalue weighted by atomic mass is 10.0. The second-order valence-corrected chi connectivity index (χ2v) is 3.96. The maximum atomic E-state index is 11.4. The van der Waals surface area contributed by atoms with Gasteiger partial charge in [0.05, 0.1) is 26.7 Å². The second kappa shape index (κ2) is 7.63. The molecular weight excluding hydrogens is 246 g/mol. The zero-order valence-corrected chi connectivity index (χ0v) is 11.6. The van der Waals surface area contributed by atoms with Crippen LogP contribution >= 0.6 is 0 Å². The molecule has 0 aliphatic carbocycles. The van der Waals surface area contributed by atoms with Crippen molar-refractivity contribution in [3.8, 4) is 11.5 Å². The Labute approximate surface area is 113 Å². The molecule has 0 saturated heterocycles. The molecule has 0 aliphatic rings. The van der Waals surface area contributed by atoms with E-state index in [2.05, 4.69) is 0 Å². The number of benzene rings is 1. The van der Waals surface area contributed by atoms with Gasteiger partial charge in [0.25, 0.3) is 0 Å². The van der Waals surface area contributed by atoms with Crippen molar-refractivity contribution in [2.75, 3.05) is 20.3 Å². The number of rotatable bonds is 7. The lowest BCUT2D eigenvalue weighted by Gasteiger charge is -2.15. The molecule has 5 nitrogen and oxygen atoms in total. The molecule has 0 spiro atoms. The highest BCUT2D eigenvalue weighted by atomic mass is 16.5. The number of hydrogen-bond donors (Lipinski definition) is 1. The van der Waals surface area contributed by atoms with Crippen LogP contribution in [0.5, 0.6) is 11.5 Å². The van der Waals surface area contributed by atoms with E-state index in [1.807, 2.05) is 13.0 Å². The van der Waals surface area contributed by atoms with Crippen LogP contribution < -0.4 is 15.2 Å². The van der Waals surface area contributed by atoms with Crippen molar-refractivity contribution in [2.45, 2.75) is 26.3 Å². The standard InChI is InChI=1S/C14H21NO4/c1-4-18-13-8-10(6-7-12(13)17-3)11(15)9-14(16)19-5-2/h6-8,11H,4-5,9,15H2,1-3H3/t11-/m1/s1. The third kappa shape index (κ3) is 4.44. The van der Waals surface area contributed by atoms with E-state index in [0.29, 0.717) is 24.7 Å². The van der Waals surface area contributed by atoms with Gasteiger partial charge in [-0.15, -0.1) is 0 Å². The van der Waals surface area contributed by atoms with Crippen LogP contribution in [0.2, 0.25) is 0 Å². The van der Waals surface area contributed by atoms with Gasteiger partial charge >= 0.3 is 5.97 Å². The Balaban J connectivity index is 2.82. The Hall–Kier alpha value is -1.75. The minimum atomic E-state index is -0.413. The van der Waals surface area contributed by atoms with Crippen LogP contribution in [0.25, 0.3) is 0 Å². The highest BCUT2D eigenvalue weighted by molar-refractivity contribution is 5.70. The van der Waals surface area contributed by atoms with Crippen LogP contribution in [-0.4, -0.2) is 26.3 Å². The first-order chi connectivity index (χ1) is 9.12. The molecule has 0 radical (unpaired) electrons. The fraction of sp³-hybridized carbons (Fsp3) is 0.500. The lowest BCUT2D eigenvalue weighted by molar-refractivity contribution is -0.143. The van der Waals surface area contributed by atoms with E-state index in [-0.39, 0.29) is 12.4 Å². The number of carbonyl (C=O) groups is 1. The van der Waals surface area contributed by atoms with Crippen molar-refractivity contribution in [2.24, 2.45) is 5.73 Å². The molecule has 0 bridgehead atoms. The van der Waals surface area contributed by atoms with Crippen molar-refractivity contribution < 1.29 is 19.0 Å². The summed E-state index contributed by atoms with van der Waals surface area (Å²) in [4.78, 5) is 11.4. The Morgan fingerprint density at radius 3 is 2.58 bits per heavy atom. The van der Waals surface area contributed by atoms with Crippen LogP contribution in [0, 0.1) is 0 Å². The third-order valence-electron chi connectivity index (χ3n) is 2.61. The van der Waals surface area contributed by atoms with Gasteiger partial charge in [0.1, 0.15) is 0 Å². The molecular formula is C14H21NO4. The molecule has 0 fully saturated rings.